The van der Waals surface area contributed by atoms with Crippen LogP contribution in [-0.2, 0) is 11.2 Å². The van der Waals surface area contributed by atoms with E-state index in [2.05, 4.69) is 11.0 Å². The number of benzene rings is 2. The quantitative estimate of drug-likeness (QED) is 0.698. The first-order valence-corrected chi connectivity index (χ1v) is 9.24. The summed E-state index contributed by atoms with van der Waals surface area (Å²) in [6, 6.07) is 16.2. The van der Waals surface area contributed by atoms with E-state index < -0.39 is 6.29 Å². The molecule has 1 aliphatic rings. The summed E-state index contributed by atoms with van der Waals surface area (Å²) < 4.78 is 16.7. The molecule has 3 rings (SSSR count). The van der Waals surface area contributed by atoms with Gasteiger partial charge in [-0.3, -0.25) is 0 Å². The van der Waals surface area contributed by atoms with Crippen LogP contribution in [0.4, 0.5) is 5.69 Å². The Bertz CT molecular complexity index is 674. The van der Waals surface area contributed by atoms with Gasteiger partial charge in [-0.1, -0.05) is 24.3 Å². The van der Waals surface area contributed by atoms with Crippen LogP contribution in [0.5, 0.6) is 11.5 Å². The molecule has 5 heteroatoms. The molecular formula is C21H27NO4. The zero-order valence-corrected chi connectivity index (χ0v) is 15.3. The molecule has 1 heterocycles. The van der Waals surface area contributed by atoms with Crippen molar-refractivity contribution in [1.82, 2.24) is 0 Å². The fourth-order valence-electron chi connectivity index (χ4n) is 3.05. The van der Waals surface area contributed by atoms with E-state index in [-0.39, 0.29) is 0 Å². The monoisotopic (exact) mass is 357 g/mol. The van der Waals surface area contributed by atoms with Gasteiger partial charge in [0.1, 0.15) is 24.7 Å². The Kier molecular flexibility index (Phi) is 6.75. The molecule has 0 radical (unpaired) electrons. The molecule has 0 bridgehead atoms. The van der Waals surface area contributed by atoms with Gasteiger partial charge in [-0.05, 0) is 43.2 Å². The average molecular weight is 357 g/mol. The van der Waals surface area contributed by atoms with E-state index in [4.69, 9.17) is 14.2 Å². The van der Waals surface area contributed by atoms with Crippen LogP contribution >= 0.6 is 0 Å². The van der Waals surface area contributed by atoms with Gasteiger partial charge in [-0.15, -0.1) is 0 Å². The van der Waals surface area contributed by atoms with Crippen LogP contribution in [0.2, 0.25) is 0 Å². The summed E-state index contributed by atoms with van der Waals surface area (Å²) in [7, 11) is 0. The molecule has 1 unspecified atom stereocenters. The van der Waals surface area contributed by atoms with Crippen molar-refractivity contribution in [3.63, 3.8) is 0 Å². The molecule has 1 atom stereocenters. The number of anilines is 1. The Morgan fingerprint density at radius 1 is 1.15 bits per heavy atom. The minimum Gasteiger partial charge on any atom is -0.492 e. The molecule has 0 saturated carbocycles. The number of rotatable bonds is 9. The van der Waals surface area contributed by atoms with Crippen LogP contribution in [0.3, 0.4) is 0 Å². The topological polar surface area (TPSA) is 51.2 Å². The van der Waals surface area contributed by atoms with Gasteiger partial charge in [0.25, 0.3) is 0 Å². The van der Waals surface area contributed by atoms with Gasteiger partial charge in [-0.25, -0.2) is 0 Å². The highest BCUT2D eigenvalue weighted by molar-refractivity contribution is 5.59. The number of hydrogen-bond donors (Lipinski definition) is 1. The van der Waals surface area contributed by atoms with Crippen molar-refractivity contribution in [2.45, 2.75) is 26.1 Å². The Hall–Kier alpha value is -2.24. The van der Waals surface area contributed by atoms with Gasteiger partial charge in [-0.2, -0.15) is 0 Å². The highest BCUT2D eigenvalue weighted by Crippen LogP contribution is 2.30. The number of aliphatic hydroxyl groups is 1. The van der Waals surface area contributed by atoms with Crippen molar-refractivity contribution < 1.29 is 19.3 Å². The highest BCUT2D eigenvalue weighted by Gasteiger charge is 2.16. The molecule has 0 saturated heterocycles. The lowest BCUT2D eigenvalue weighted by molar-refractivity contribution is -0.0980. The van der Waals surface area contributed by atoms with Crippen LogP contribution in [0.1, 0.15) is 18.9 Å². The predicted molar refractivity (Wildman–Crippen MR) is 102 cm³/mol. The maximum atomic E-state index is 9.61. The Balaban J connectivity index is 1.44. The molecule has 140 valence electrons. The van der Waals surface area contributed by atoms with E-state index in [0.29, 0.717) is 26.2 Å². The van der Waals surface area contributed by atoms with Gasteiger partial charge in [0.15, 0.2) is 6.29 Å². The van der Waals surface area contributed by atoms with Gasteiger partial charge in [0.05, 0.1) is 18.8 Å². The second-order valence-electron chi connectivity index (χ2n) is 6.24. The highest BCUT2D eigenvalue weighted by atomic mass is 16.6. The van der Waals surface area contributed by atoms with Gasteiger partial charge < -0.3 is 24.2 Å². The lowest BCUT2D eigenvalue weighted by Crippen LogP contribution is -2.35. The third kappa shape index (κ3) is 5.13. The number of aryl methyl sites for hydroxylation is 1. The first-order chi connectivity index (χ1) is 12.8. The molecule has 0 aliphatic carbocycles. The molecular weight excluding hydrogens is 330 g/mol. The second kappa shape index (κ2) is 9.46. The number of fused-ring (bicyclic) bond motifs is 1. The molecule has 1 N–H and O–H groups in total. The lowest BCUT2D eigenvalue weighted by atomic mass is 10.1. The first-order valence-electron chi connectivity index (χ1n) is 9.24. The lowest BCUT2D eigenvalue weighted by Gasteiger charge is -2.31. The van der Waals surface area contributed by atoms with Crippen molar-refractivity contribution in [3.8, 4) is 11.5 Å². The van der Waals surface area contributed by atoms with Crippen molar-refractivity contribution in [2.75, 3.05) is 37.8 Å². The van der Waals surface area contributed by atoms with Crippen molar-refractivity contribution in [2.24, 2.45) is 0 Å². The predicted octanol–water partition coefficient (Wildman–Crippen LogP) is 3.25. The van der Waals surface area contributed by atoms with Gasteiger partial charge in [0, 0.05) is 13.0 Å². The molecule has 0 spiro atoms. The standard InChI is InChI=1S/C21H27NO4/c1-2-24-21(23)12-9-17-7-10-18(11-8-17)25-15-13-22-14-16-26-20-6-4-3-5-19(20)22/h3-8,10-11,21,23H,2,9,12-16H2,1H3. The maximum Gasteiger partial charge on any atom is 0.154 e. The molecule has 5 nitrogen and oxygen atoms in total. The largest absolute Gasteiger partial charge is 0.492 e. The van der Waals surface area contributed by atoms with Crippen LogP contribution in [-0.4, -0.2) is 44.3 Å². The first kappa shape index (κ1) is 18.5. The van der Waals surface area contributed by atoms with E-state index >= 15 is 0 Å². The van der Waals surface area contributed by atoms with E-state index in [1.54, 1.807) is 0 Å². The SMILES string of the molecule is CCOC(O)CCc1ccc(OCCN2CCOc3ccccc32)cc1. The van der Waals surface area contributed by atoms with E-state index in [0.717, 1.165) is 36.7 Å². The zero-order chi connectivity index (χ0) is 18.2. The Morgan fingerprint density at radius 2 is 1.96 bits per heavy atom. The molecule has 2 aromatic rings. The molecule has 0 fully saturated rings. The Labute approximate surface area is 155 Å². The number of hydrogen-bond acceptors (Lipinski definition) is 5. The van der Waals surface area contributed by atoms with Crippen LogP contribution in [0.25, 0.3) is 0 Å². The molecule has 1 aliphatic heterocycles. The fraction of sp³-hybridized carbons (Fsp3) is 0.429. The minimum atomic E-state index is -0.688. The third-order valence-electron chi connectivity index (χ3n) is 4.42. The van der Waals surface area contributed by atoms with E-state index in [1.165, 1.54) is 5.56 Å². The van der Waals surface area contributed by atoms with Gasteiger partial charge >= 0.3 is 0 Å². The number of aliphatic hydroxyl groups excluding tert-OH is 1. The summed E-state index contributed by atoms with van der Waals surface area (Å²) in [6.45, 7) is 5.44. The number of ether oxygens (including phenoxy) is 3. The summed E-state index contributed by atoms with van der Waals surface area (Å²) in [6.07, 6.45) is 0.698. The second-order valence-corrected chi connectivity index (χ2v) is 6.24. The van der Waals surface area contributed by atoms with E-state index in [9.17, 15) is 5.11 Å². The summed E-state index contributed by atoms with van der Waals surface area (Å²) in [5.41, 5.74) is 2.30. The van der Waals surface area contributed by atoms with Crippen LogP contribution in [0.15, 0.2) is 48.5 Å². The van der Waals surface area contributed by atoms with Gasteiger partial charge in [0.2, 0.25) is 0 Å². The zero-order valence-electron chi connectivity index (χ0n) is 15.3. The smallest absolute Gasteiger partial charge is 0.154 e. The normalized spacial score (nSPS) is 14.5. The third-order valence-corrected chi connectivity index (χ3v) is 4.42. The molecule has 26 heavy (non-hydrogen) atoms. The molecule has 0 amide bonds. The number of nitrogens with zero attached hydrogens (tertiary/aromatic N) is 1. The van der Waals surface area contributed by atoms with Crippen molar-refractivity contribution >= 4 is 5.69 Å². The van der Waals surface area contributed by atoms with Crippen LogP contribution in [0, 0.1) is 0 Å². The average Bonchev–Trinajstić information content (AvgIpc) is 2.68. The maximum absolute atomic E-state index is 9.61. The summed E-state index contributed by atoms with van der Waals surface area (Å²) in [5.74, 6) is 1.80. The summed E-state index contributed by atoms with van der Waals surface area (Å²) in [4.78, 5) is 2.29. The molecule has 2 aromatic carbocycles. The number of para-hydroxylation sites is 2. The van der Waals surface area contributed by atoms with Crippen molar-refractivity contribution in [3.05, 3.63) is 54.1 Å². The molecule has 0 aromatic heterocycles. The fourth-order valence-corrected chi connectivity index (χ4v) is 3.05. The minimum absolute atomic E-state index is 0.529. The Morgan fingerprint density at radius 3 is 2.77 bits per heavy atom. The summed E-state index contributed by atoms with van der Waals surface area (Å²) >= 11 is 0. The summed E-state index contributed by atoms with van der Waals surface area (Å²) in [5, 5.41) is 9.61. The van der Waals surface area contributed by atoms with Crippen LogP contribution < -0.4 is 14.4 Å². The van der Waals surface area contributed by atoms with Crippen molar-refractivity contribution in [1.29, 1.82) is 0 Å². The van der Waals surface area contributed by atoms with E-state index in [1.807, 2.05) is 49.4 Å².